The Kier molecular flexibility index (Phi) is 6.98. The predicted molar refractivity (Wildman–Crippen MR) is 121 cm³/mol. The third kappa shape index (κ3) is 4.76. The van der Waals surface area contributed by atoms with Gasteiger partial charge in [-0.05, 0) is 42.9 Å². The lowest BCUT2D eigenvalue weighted by molar-refractivity contribution is -0.139. The van der Waals surface area contributed by atoms with Crippen LogP contribution in [0, 0.1) is 5.41 Å². The fourth-order valence-corrected chi connectivity index (χ4v) is 4.63. The molecule has 0 fully saturated rings. The minimum Gasteiger partial charge on any atom is -0.462 e. The highest BCUT2D eigenvalue weighted by Gasteiger charge is 2.43. The maximum absolute atomic E-state index is 13.2. The Morgan fingerprint density at radius 1 is 1.20 bits per heavy atom. The van der Waals surface area contributed by atoms with Crippen molar-refractivity contribution in [1.29, 1.82) is 0 Å². The summed E-state index contributed by atoms with van der Waals surface area (Å²) in [5, 5.41) is 4.17. The summed E-state index contributed by atoms with van der Waals surface area (Å²) in [6.45, 7) is 8.50. The number of carbonyl (C=O) groups is 2. The van der Waals surface area contributed by atoms with E-state index in [1.807, 2.05) is 13.0 Å². The van der Waals surface area contributed by atoms with E-state index in [0.29, 0.717) is 34.2 Å². The average molecular weight is 450 g/mol. The third-order valence-corrected chi connectivity index (χ3v) is 6.46. The Hall–Kier alpha value is -1.78. The lowest BCUT2D eigenvalue weighted by Gasteiger charge is -2.39. The van der Waals surface area contributed by atoms with Crippen LogP contribution in [0.3, 0.4) is 0 Å². The Morgan fingerprint density at radius 2 is 1.93 bits per heavy atom. The molecule has 1 aromatic rings. The number of nitrogens with one attached hydrogen (secondary N) is 1. The van der Waals surface area contributed by atoms with Crippen molar-refractivity contribution in [1.82, 2.24) is 5.32 Å². The Bertz CT molecular complexity index is 930. The Labute approximate surface area is 188 Å². The second-order valence-corrected chi connectivity index (χ2v) is 9.76. The summed E-state index contributed by atoms with van der Waals surface area (Å²) in [7, 11) is 0. The monoisotopic (exact) mass is 449 g/mol. The lowest BCUT2D eigenvalue weighted by Crippen LogP contribution is -2.38. The summed E-state index contributed by atoms with van der Waals surface area (Å²) in [5.74, 6) is -0.858. The molecular weight excluding hydrogens is 421 g/mol. The molecule has 3 rings (SSSR count). The fraction of sp³-hybridized carbons (Fsp3) is 0.500. The van der Waals surface area contributed by atoms with Gasteiger partial charge in [0.15, 0.2) is 5.78 Å². The molecule has 1 aliphatic heterocycles. The molecule has 1 atom stereocenters. The third-order valence-electron chi connectivity index (χ3n) is 5.72. The molecule has 0 aromatic heterocycles. The zero-order valence-corrected chi connectivity index (χ0v) is 19.5. The van der Waals surface area contributed by atoms with Gasteiger partial charge in [0.05, 0.1) is 22.2 Å². The van der Waals surface area contributed by atoms with E-state index in [1.54, 1.807) is 12.1 Å². The van der Waals surface area contributed by atoms with Crippen LogP contribution in [-0.2, 0) is 14.3 Å². The number of allylic oxidation sites excluding steroid dienone is 3. The summed E-state index contributed by atoms with van der Waals surface area (Å²) in [6, 6.07) is 5.28. The van der Waals surface area contributed by atoms with E-state index >= 15 is 0 Å². The van der Waals surface area contributed by atoms with Crippen LogP contribution < -0.4 is 5.32 Å². The summed E-state index contributed by atoms with van der Waals surface area (Å²) < 4.78 is 5.59. The van der Waals surface area contributed by atoms with Crippen molar-refractivity contribution >= 4 is 35.0 Å². The van der Waals surface area contributed by atoms with E-state index < -0.39 is 11.9 Å². The molecule has 1 N–H and O–H groups in total. The lowest BCUT2D eigenvalue weighted by atomic mass is 9.68. The van der Waals surface area contributed by atoms with Gasteiger partial charge < -0.3 is 10.1 Å². The maximum atomic E-state index is 13.2. The van der Waals surface area contributed by atoms with Crippen molar-refractivity contribution in [3.05, 3.63) is 56.3 Å². The number of hydrogen-bond donors (Lipinski definition) is 1. The van der Waals surface area contributed by atoms with Gasteiger partial charge in [0.1, 0.15) is 0 Å². The highest BCUT2D eigenvalue weighted by atomic mass is 35.5. The molecule has 0 spiro atoms. The molecule has 0 amide bonds. The molecule has 4 nitrogen and oxygen atoms in total. The van der Waals surface area contributed by atoms with Crippen LogP contribution in [0.2, 0.25) is 10.0 Å². The molecule has 6 heteroatoms. The Balaban J connectivity index is 2.05. The van der Waals surface area contributed by atoms with Crippen LogP contribution >= 0.6 is 23.2 Å². The molecule has 0 saturated carbocycles. The van der Waals surface area contributed by atoms with E-state index in [1.165, 1.54) is 0 Å². The molecule has 162 valence electrons. The van der Waals surface area contributed by atoms with Gasteiger partial charge in [0, 0.05) is 29.3 Å². The summed E-state index contributed by atoms with van der Waals surface area (Å²) in [5.41, 5.74) is 3.34. The number of ketones is 1. The molecule has 1 aromatic carbocycles. The van der Waals surface area contributed by atoms with Crippen molar-refractivity contribution < 1.29 is 14.3 Å². The first-order chi connectivity index (χ1) is 14.1. The number of halogens is 2. The van der Waals surface area contributed by atoms with E-state index in [-0.39, 0.29) is 11.2 Å². The van der Waals surface area contributed by atoms with Gasteiger partial charge in [-0.15, -0.1) is 0 Å². The summed E-state index contributed by atoms with van der Waals surface area (Å²) in [4.78, 5) is 26.3. The van der Waals surface area contributed by atoms with Crippen molar-refractivity contribution in [2.45, 2.75) is 65.7 Å². The van der Waals surface area contributed by atoms with Crippen molar-refractivity contribution in [2.75, 3.05) is 6.61 Å². The second kappa shape index (κ2) is 9.15. The number of hydrogen-bond acceptors (Lipinski definition) is 4. The molecule has 1 heterocycles. The first-order valence-electron chi connectivity index (χ1n) is 10.5. The van der Waals surface area contributed by atoms with Gasteiger partial charge in [-0.25, -0.2) is 4.79 Å². The number of benzene rings is 1. The van der Waals surface area contributed by atoms with Crippen LogP contribution in [0.25, 0.3) is 0 Å². The molecule has 0 unspecified atom stereocenters. The van der Waals surface area contributed by atoms with Gasteiger partial charge in [-0.2, -0.15) is 0 Å². The van der Waals surface area contributed by atoms with E-state index in [0.717, 1.165) is 42.6 Å². The second-order valence-electron chi connectivity index (χ2n) is 8.95. The first kappa shape index (κ1) is 22.9. The smallest absolute Gasteiger partial charge is 0.336 e. The summed E-state index contributed by atoms with van der Waals surface area (Å²) in [6.07, 6.45) is 4.04. The molecule has 0 saturated heterocycles. The van der Waals surface area contributed by atoms with Crippen LogP contribution in [-0.4, -0.2) is 18.4 Å². The molecule has 1 aliphatic carbocycles. The normalized spacial score (nSPS) is 20.7. The quantitative estimate of drug-likeness (QED) is 0.407. The number of Topliss-reactive ketones (excluding diaryl/α,β-unsaturated/α-hetero) is 1. The van der Waals surface area contributed by atoms with Crippen molar-refractivity contribution in [2.24, 2.45) is 5.41 Å². The number of unbranched alkanes of at least 4 members (excludes halogenated alkanes) is 2. The maximum Gasteiger partial charge on any atom is 0.336 e. The molecule has 0 radical (unpaired) electrons. The van der Waals surface area contributed by atoms with Gasteiger partial charge in [0.2, 0.25) is 0 Å². The SMILES string of the molecule is CCCCCOC(=O)C1=C(C)NC2=C(C(=O)CC(C)(C)C2)[C@@H]1c1ccc(Cl)c(Cl)c1. The minimum absolute atomic E-state index is 0.0496. The number of ether oxygens (including phenoxy) is 1. The number of esters is 1. The van der Waals surface area contributed by atoms with Crippen molar-refractivity contribution in [3.8, 4) is 0 Å². The van der Waals surface area contributed by atoms with Crippen LogP contribution in [0.1, 0.15) is 71.3 Å². The topological polar surface area (TPSA) is 55.4 Å². The highest BCUT2D eigenvalue weighted by molar-refractivity contribution is 6.42. The highest BCUT2D eigenvalue weighted by Crippen LogP contribution is 2.47. The molecule has 2 aliphatic rings. The fourth-order valence-electron chi connectivity index (χ4n) is 4.33. The predicted octanol–water partition coefficient (Wildman–Crippen LogP) is 6.33. The van der Waals surface area contributed by atoms with Gasteiger partial charge in [0.25, 0.3) is 0 Å². The molecule has 30 heavy (non-hydrogen) atoms. The van der Waals surface area contributed by atoms with Gasteiger partial charge >= 0.3 is 5.97 Å². The zero-order valence-electron chi connectivity index (χ0n) is 18.0. The summed E-state index contributed by atoms with van der Waals surface area (Å²) >= 11 is 12.4. The van der Waals surface area contributed by atoms with Gasteiger partial charge in [-0.3, -0.25) is 4.79 Å². The van der Waals surface area contributed by atoms with Crippen LogP contribution in [0.4, 0.5) is 0 Å². The number of rotatable bonds is 6. The van der Waals surface area contributed by atoms with Gasteiger partial charge in [-0.1, -0.05) is 62.9 Å². The van der Waals surface area contributed by atoms with Crippen LogP contribution in [0.15, 0.2) is 40.7 Å². The minimum atomic E-state index is -0.515. The zero-order chi connectivity index (χ0) is 22.1. The van der Waals surface area contributed by atoms with E-state index in [9.17, 15) is 9.59 Å². The van der Waals surface area contributed by atoms with E-state index in [4.69, 9.17) is 27.9 Å². The van der Waals surface area contributed by atoms with Crippen molar-refractivity contribution in [3.63, 3.8) is 0 Å². The molecular formula is C24H29Cl2NO3. The average Bonchev–Trinajstić information content (AvgIpc) is 2.65. The Morgan fingerprint density at radius 3 is 2.60 bits per heavy atom. The first-order valence-corrected chi connectivity index (χ1v) is 11.3. The van der Waals surface area contributed by atoms with Crippen LogP contribution in [0.5, 0.6) is 0 Å². The number of dihydropyridines is 1. The standard InChI is InChI=1S/C24H29Cl2NO3/c1-5-6-7-10-30-23(29)20-14(2)27-18-12-24(3,4)13-19(28)22(18)21(20)15-8-9-16(25)17(26)11-15/h8-9,11,21,27H,5-7,10,12-13H2,1-4H3/t21-/m1/s1. The molecule has 0 bridgehead atoms. The number of carbonyl (C=O) groups excluding carboxylic acids is 2. The van der Waals surface area contributed by atoms with E-state index in [2.05, 4.69) is 26.1 Å². The largest absolute Gasteiger partial charge is 0.462 e.